The summed E-state index contributed by atoms with van der Waals surface area (Å²) in [6.07, 6.45) is 6.37. The van der Waals surface area contributed by atoms with Crippen molar-refractivity contribution < 1.29 is 4.79 Å². The summed E-state index contributed by atoms with van der Waals surface area (Å²) in [5, 5.41) is 7.55. The van der Waals surface area contributed by atoms with Gasteiger partial charge in [-0.05, 0) is 60.2 Å². The van der Waals surface area contributed by atoms with Crippen molar-refractivity contribution in [2.45, 2.75) is 31.8 Å². The summed E-state index contributed by atoms with van der Waals surface area (Å²) in [5.74, 6) is 0.102. The van der Waals surface area contributed by atoms with E-state index in [1.54, 1.807) is 11.3 Å². The quantitative estimate of drug-likeness (QED) is 0.801. The molecule has 4 rings (SSSR count). The van der Waals surface area contributed by atoms with Crippen molar-refractivity contribution in [1.29, 1.82) is 0 Å². The maximum atomic E-state index is 13.1. The fraction of sp³-hybridized carbons (Fsp3) is 0.471. The van der Waals surface area contributed by atoms with Gasteiger partial charge in [-0.25, -0.2) is 9.97 Å². The Labute approximate surface area is 169 Å². The van der Waals surface area contributed by atoms with Gasteiger partial charge in [0, 0.05) is 25.0 Å². The number of thiophene rings is 1. The van der Waals surface area contributed by atoms with E-state index in [2.05, 4.69) is 26.7 Å². The van der Waals surface area contributed by atoms with Gasteiger partial charge in [0.25, 0.3) is 5.91 Å². The van der Waals surface area contributed by atoms with Gasteiger partial charge >= 0.3 is 0 Å². The molecule has 0 aromatic carbocycles. The van der Waals surface area contributed by atoms with Crippen molar-refractivity contribution in [3.05, 3.63) is 40.5 Å². The molecule has 26 heavy (non-hydrogen) atoms. The number of hydrogen-bond donors (Lipinski definition) is 2. The number of carbonyl (C=O) groups excluding carboxylic acids is 1. The number of hydrogen-bond acceptors (Lipinski definition) is 6. The van der Waals surface area contributed by atoms with Gasteiger partial charge in [0.2, 0.25) is 0 Å². The minimum atomic E-state index is -0.104. The topological polar surface area (TPSA) is 84.1 Å². The number of nitrogens with one attached hydrogen (secondary N) is 1. The Morgan fingerprint density at radius 1 is 1.31 bits per heavy atom. The molecule has 2 aromatic heterocycles. The normalized spacial score (nSPS) is 19.9. The average molecular weight is 416 g/mol. The summed E-state index contributed by atoms with van der Waals surface area (Å²) in [6.45, 7) is 2.67. The summed E-state index contributed by atoms with van der Waals surface area (Å²) < 4.78 is 0. The van der Waals surface area contributed by atoms with E-state index in [1.165, 1.54) is 12.4 Å². The number of aromatic nitrogens is 2. The van der Waals surface area contributed by atoms with Gasteiger partial charge in [-0.15, -0.1) is 24.8 Å². The fourth-order valence-corrected chi connectivity index (χ4v) is 4.44. The molecular weight excluding hydrogens is 393 g/mol. The molecule has 1 unspecified atom stereocenters. The second-order valence-corrected chi connectivity index (χ2v) is 7.47. The zero-order chi connectivity index (χ0) is 16.6. The first kappa shape index (κ1) is 20.9. The van der Waals surface area contributed by atoms with E-state index in [0.29, 0.717) is 6.54 Å². The highest BCUT2D eigenvalue weighted by Gasteiger charge is 2.58. The molecule has 1 saturated heterocycles. The second kappa shape index (κ2) is 8.52. The van der Waals surface area contributed by atoms with Gasteiger partial charge < -0.3 is 16.0 Å². The maximum Gasteiger partial charge on any atom is 0.276 e. The van der Waals surface area contributed by atoms with Crippen molar-refractivity contribution in [1.82, 2.24) is 20.2 Å². The first-order chi connectivity index (χ1) is 11.7. The molecule has 1 aliphatic carbocycles. The monoisotopic (exact) mass is 415 g/mol. The van der Waals surface area contributed by atoms with Crippen LogP contribution < -0.4 is 11.1 Å². The van der Waals surface area contributed by atoms with Crippen LogP contribution >= 0.6 is 36.2 Å². The Bertz CT molecular complexity index is 737. The second-order valence-electron chi connectivity index (χ2n) is 6.69. The highest BCUT2D eigenvalue weighted by atomic mass is 35.5. The number of anilines is 1. The SMILES string of the molecule is Cl.Cl.Nc1nccnc1C(=O)N(Cc1ccsc1)C1CC12CCNCC2. The van der Waals surface area contributed by atoms with Crippen LogP contribution in [-0.4, -0.2) is 39.9 Å². The number of piperidine rings is 1. The van der Waals surface area contributed by atoms with E-state index in [-0.39, 0.29) is 53.7 Å². The molecule has 3 heterocycles. The Kier molecular flexibility index (Phi) is 6.85. The van der Waals surface area contributed by atoms with Crippen LogP contribution in [0, 0.1) is 5.41 Å². The van der Waals surface area contributed by atoms with E-state index in [9.17, 15) is 4.79 Å². The summed E-state index contributed by atoms with van der Waals surface area (Å²) in [5.41, 5.74) is 7.59. The zero-order valence-corrected chi connectivity index (χ0v) is 16.7. The molecule has 3 N–H and O–H groups in total. The molecule has 1 saturated carbocycles. The smallest absolute Gasteiger partial charge is 0.276 e. The van der Waals surface area contributed by atoms with Gasteiger partial charge in [-0.1, -0.05) is 0 Å². The van der Waals surface area contributed by atoms with Crippen LogP contribution in [0.1, 0.15) is 35.3 Å². The third-order valence-corrected chi connectivity index (χ3v) is 5.98. The Balaban J connectivity index is 0.00000121. The summed E-state index contributed by atoms with van der Waals surface area (Å²) >= 11 is 1.65. The number of nitrogens with zero attached hydrogens (tertiary/aromatic N) is 3. The van der Waals surface area contributed by atoms with Gasteiger partial charge in [0.15, 0.2) is 11.5 Å². The molecule has 9 heteroatoms. The largest absolute Gasteiger partial charge is 0.382 e. The van der Waals surface area contributed by atoms with E-state index >= 15 is 0 Å². The van der Waals surface area contributed by atoms with Crippen molar-refractivity contribution in [3.63, 3.8) is 0 Å². The van der Waals surface area contributed by atoms with Gasteiger partial charge in [-0.3, -0.25) is 4.79 Å². The number of halogens is 2. The lowest BCUT2D eigenvalue weighted by Crippen LogP contribution is -2.39. The van der Waals surface area contributed by atoms with E-state index in [4.69, 9.17) is 5.73 Å². The Morgan fingerprint density at radius 3 is 2.69 bits per heavy atom. The van der Waals surface area contributed by atoms with E-state index < -0.39 is 0 Å². The van der Waals surface area contributed by atoms with Crippen LogP contribution in [0.15, 0.2) is 29.2 Å². The van der Waals surface area contributed by atoms with Gasteiger partial charge in [0.1, 0.15) is 0 Å². The van der Waals surface area contributed by atoms with Crippen LogP contribution in [0.4, 0.5) is 5.82 Å². The van der Waals surface area contributed by atoms with E-state index in [0.717, 1.165) is 37.9 Å². The third kappa shape index (κ3) is 3.96. The third-order valence-electron chi connectivity index (χ3n) is 5.25. The highest BCUT2D eigenvalue weighted by Crippen LogP contribution is 2.56. The van der Waals surface area contributed by atoms with Crippen molar-refractivity contribution in [2.75, 3.05) is 18.8 Å². The van der Waals surface area contributed by atoms with Crippen molar-refractivity contribution in [3.8, 4) is 0 Å². The minimum Gasteiger partial charge on any atom is -0.382 e. The molecule has 1 amide bonds. The van der Waals surface area contributed by atoms with Gasteiger partial charge in [-0.2, -0.15) is 11.3 Å². The fourth-order valence-electron chi connectivity index (χ4n) is 3.78. The number of rotatable bonds is 4. The number of amides is 1. The maximum absolute atomic E-state index is 13.1. The Hall–Kier alpha value is -1.41. The minimum absolute atomic E-state index is 0. The van der Waals surface area contributed by atoms with Crippen molar-refractivity contribution >= 4 is 47.9 Å². The number of carbonyl (C=O) groups is 1. The number of nitrogens with two attached hydrogens (primary N) is 1. The summed E-state index contributed by atoms with van der Waals surface area (Å²) in [4.78, 5) is 23.3. The zero-order valence-electron chi connectivity index (χ0n) is 14.3. The molecule has 0 bridgehead atoms. The highest BCUT2D eigenvalue weighted by molar-refractivity contribution is 7.07. The Morgan fingerprint density at radius 2 is 2.04 bits per heavy atom. The predicted octanol–water partition coefficient (Wildman–Crippen LogP) is 2.75. The molecular formula is C17H23Cl2N5OS. The van der Waals surface area contributed by atoms with Crippen LogP contribution in [0.3, 0.4) is 0 Å². The van der Waals surface area contributed by atoms with E-state index in [1.807, 2.05) is 10.3 Å². The van der Waals surface area contributed by atoms with Crippen molar-refractivity contribution in [2.24, 2.45) is 5.41 Å². The first-order valence-electron chi connectivity index (χ1n) is 8.29. The predicted molar refractivity (Wildman–Crippen MR) is 108 cm³/mol. The average Bonchev–Trinajstić information content (AvgIpc) is 3.04. The molecule has 1 aliphatic heterocycles. The lowest BCUT2D eigenvalue weighted by atomic mass is 9.93. The van der Waals surface area contributed by atoms with Crippen LogP contribution in [0.2, 0.25) is 0 Å². The number of nitrogen functional groups attached to an aromatic ring is 1. The summed E-state index contributed by atoms with van der Waals surface area (Å²) in [7, 11) is 0. The molecule has 1 spiro atoms. The molecule has 6 nitrogen and oxygen atoms in total. The van der Waals surface area contributed by atoms with Crippen LogP contribution in [-0.2, 0) is 6.54 Å². The lowest BCUT2D eigenvalue weighted by molar-refractivity contribution is 0.0687. The van der Waals surface area contributed by atoms with Crippen LogP contribution in [0.25, 0.3) is 0 Å². The molecule has 2 aliphatic rings. The molecule has 142 valence electrons. The summed E-state index contributed by atoms with van der Waals surface area (Å²) in [6, 6.07) is 2.34. The van der Waals surface area contributed by atoms with Crippen LogP contribution in [0.5, 0.6) is 0 Å². The lowest BCUT2D eigenvalue weighted by Gasteiger charge is -2.29. The molecule has 0 radical (unpaired) electrons. The molecule has 2 aromatic rings. The molecule has 2 fully saturated rings. The van der Waals surface area contributed by atoms with Gasteiger partial charge in [0.05, 0.1) is 0 Å². The standard InChI is InChI=1S/C17H21N5OS.2ClH/c18-15-14(20-6-7-21-15)16(23)22(10-12-1-8-24-11-12)13-9-17(13)2-4-19-5-3-17;;/h1,6-8,11,13,19H,2-5,9-10H2,(H2,18,21);2*1H. The molecule has 1 atom stereocenters. The first-order valence-corrected chi connectivity index (χ1v) is 9.23.